The number of rotatable bonds is 1. The van der Waals surface area contributed by atoms with Gasteiger partial charge in [0.2, 0.25) is 0 Å². The summed E-state index contributed by atoms with van der Waals surface area (Å²) in [5.41, 5.74) is 3.17. The van der Waals surface area contributed by atoms with Crippen LogP contribution in [0.4, 0.5) is 5.69 Å². The van der Waals surface area contributed by atoms with E-state index in [-0.39, 0.29) is 5.91 Å². The molecule has 0 atom stereocenters. The van der Waals surface area contributed by atoms with Crippen molar-refractivity contribution < 1.29 is 4.79 Å². The zero-order valence-electron chi connectivity index (χ0n) is 10.8. The fourth-order valence-electron chi connectivity index (χ4n) is 2.70. The Bertz CT molecular complexity index is 464. The third kappa shape index (κ3) is 1.97. The monoisotopic (exact) mass is 245 g/mol. The first-order valence-electron chi connectivity index (χ1n) is 6.59. The topological polar surface area (TPSA) is 35.6 Å². The first-order chi connectivity index (χ1) is 8.75. The number of carbonyl (C=O) groups excluding carboxylic acids is 1. The molecule has 2 aliphatic rings. The average molecular weight is 245 g/mol. The largest absolute Gasteiger partial charge is 0.384 e. The van der Waals surface area contributed by atoms with Crippen molar-refractivity contribution in [3.63, 3.8) is 0 Å². The molecular formula is C14H19N3O. The molecular weight excluding hydrogens is 226 g/mol. The smallest absolute Gasteiger partial charge is 0.256 e. The van der Waals surface area contributed by atoms with E-state index in [1.807, 2.05) is 17.0 Å². The number of nitrogens with zero attached hydrogens (tertiary/aromatic N) is 2. The highest BCUT2D eigenvalue weighted by Crippen LogP contribution is 2.27. The highest BCUT2D eigenvalue weighted by atomic mass is 16.2. The van der Waals surface area contributed by atoms with Gasteiger partial charge >= 0.3 is 0 Å². The van der Waals surface area contributed by atoms with Crippen LogP contribution in [0.1, 0.15) is 15.9 Å². The highest BCUT2D eigenvalue weighted by Gasteiger charge is 2.24. The number of hydrogen-bond acceptors (Lipinski definition) is 3. The van der Waals surface area contributed by atoms with Crippen molar-refractivity contribution in [1.82, 2.24) is 9.80 Å². The normalized spacial score (nSPS) is 19.5. The summed E-state index contributed by atoms with van der Waals surface area (Å²) in [6.45, 7) is 4.54. The minimum Gasteiger partial charge on any atom is -0.384 e. The maximum Gasteiger partial charge on any atom is 0.256 e. The van der Waals surface area contributed by atoms with Gasteiger partial charge in [0.1, 0.15) is 0 Å². The van der Waals surface area contributed by atoms with Crippen molar-refractivity contribution in [1.29, 1.82) is 0 Å². The van der Waals surface area contributed by atoms with Crippen LogP contribution in [-0.4, -0.2) is 55.5 Å². The van der Waals surface area contributed by atoms with Gasteiger partial charge in [-0.1, -0.05) is 12.1 Å². The maximum atomic E-state index is 12.5. The predicted octanol–water partition coefficient (Wildman–Crippen LogP) is 1.04. The number of benzene rings is 1. The summed E-state index contributed by atoms with van der Waals surface area (Å²) in [6, 6.07) is 6.04. The summed E-state index contributed by atoms with van der Waals surface area (Å²) >= 11 is 0. The van der Waals surface area contributed by atoms with Gasteiger partial charge in [-0.15, -0.1) is 0 Å². The Balaban J connectivity index is 1.83. The van der Waals surface area contributed by atoms with Crippen molar-refractivity contribution in [2.45, 2.75) is 6.42 Å². The lowest BCUT2D eigenvalue weighted by molar-refractivity contribution is 0.0665. The molecule has 0 unspecified atom stereocenters. The average Bonchev–Trinajstić information content (AvgIpc) is 2.87. The molecule has 4 nitrogen and oxygen atoms in total. The van der Waals surface area contributed by atoms with Crippen LogP contribution in [0.5, 0.6) is 0 Å². The molecule has 0 radical (unpaired) electrons. The summed E-state index contributed by atoms with van der Waals surface area (Å²) in [7, 11) is 2.10. The van der Waals surface area contributed by atoms with E-state index >= 15 is 0 Å². The van der Waals surface area contributed by atoms with Gasteiger partial charge < -0.3 is 15.1 Å². The maximum absolute atomic E-state index is 12.5. The molecule has 4 heteroatoms. The van der Waals surface area contributed by atoms with Gasteiger partial charge in [0.25, 0.3) is 5.91 Å². The Kier molecular flexibility index (Phi) is 2.96. The third-order valence-corrected chi connectivity index (χ3v) is 3.87. The predicted molar refractivity (Wildman–Crippen MR) is 72.0 cm³/mol. The quantitative estimate of drug-likeness (QED) is 0.803. The Morgan fingerprint density at radius 2 is 2.00 bits per heavy atom. The van der Waals surface area contributed by atoms with E-state index in [4.69, 9.17) is 0 Å². The second kappa shape index (κ2) is 4.61. The molecule has 1 aromatic rings. The Hall–Kier alpha value is -1.55. The van der Waals surface area contributed by atoms with Crippen molar-refractivity contribution in [3.05, 3.63) is 29.3 Å². The molecule has 0 aliphatic carbocycles. The van der Waals surface area contributed by atoms with Gasteiger partial charge in [-0.05, 0) is 25.1 Å². The zero-order chi connectivity index (χ0) is 12.5. The van der Waals surface area contributed by atoms with Crippen LogP contribution in [0.3, 0.4) is 0 Å². The van der Waals surface area contributed by atoms with Crippen LogP contribution in [0.15, 0.2) is 18.2 Å². The number of fused-ring (bicyclic) bond motifs is 1. The molecule has 0 bridgehead atoms. The number of amides is 1. The molecule has 1 aromatic carbocycles. The summed E-state index contributed by atoms with van der Waals surface area (Å²) in [5, 5.41) is 3.34. The van der Waals surface area contributed by atoms with E-state index in [2.05, 4.69) is 23.3 Å². The molecule has 0 spiro atoms. The lowest BCUT2D eigenvalue weighted by Crippen LogP contribution is -2.47. The van der Waals surface area contributed by atoms with Crippen molar-refractivity contribution >= 4 is 11.6 Å². The van der Waals surface area contributed by atoms with Crippen LogP contribution in [0.25, 0.3) is 0 Å². The van der Waals surface area contributed by atoms with Crippen molar-refractivity contribution in [2.24, 2.45) is 0 Å². The lowest BCUT2D eigenvalue weighted by atomic mass is 10.1. The number of likely N-dealkylation sites (N-methyl/N-ethyl adjacent to an activating group) is 1. The third-order valence-electron chi connectivity index (χ3n) is 3.87. The van der Waals surface area contributed by atoms with Gasteiger partial charge in [0.05, 0.1) is 11.3 Å². The first kappa shape index (κ1) is 11.5. The second-order valence-electron chi connectivity index (χ2n) is 5.11. The number of para-hydroxylation sites is 1. The molecule has 0 saturated carbocycles. The standard InChI is InChI=1S/C14H19N3O/c1-16-7-9-17(10-8-16)14(18)12-4-2-3-11-5-6-15-13(11)12/h2-4,15H,5-10H2,1H3. The second-order valence-corrected chi connectivity index (χ2v) is 5.11. The Labute approximate surface area is 108 Å². The number of nitrogens with one attached hydrogen (secondary N) is 1. The SMILES string of the molecule is CN1CCN(C(=O)c2cccc3c2NCC3)CC1. The summed E-state index contributed by atoms with van der Waals surface area (Å²) < 4.78 is 0. The van der Waals surface area contributed by atoms with Crippen molar-refractivity contribution in [3.8, 4) is 0 Å². The Morgan fingerprint density at radius 1 is 1.22 bits per heavy atom. The molecule has 18 heavy (non-hydrogen) atoms. The van der Waals surface area contributed by atoms with Gasteiger partial charge in [-0.3, -0.25) is 4.79 Å². The fraction of sp³-hybridized carbons (Fsp3) is 0.500. The first-order valence-corrected chi connectivity index (χ1v) is 6.59. The van der Waals surface area contributed by atoms with Crippen LogP contribution in [0, 0.1) is 0 Å². The summed E-state index contributed by atoms with van der Waals surface area (Å²) in [6.07, 6.45) is 1.03. The number of carbonyl (C=O) groups is 1. The number of hydrogen-bond donors (Lipinski definition) is 1. The number of piperazine rings is 1. The van der Waals surface area contributed by atoms with Gasteiger partial charge in [-0.25, -0.2) is 0 Å². The summed E-state index contributed by atoms with van der Waals surface area (Å²) in [5.74, 6) is 0.175. The van der Waals surface area contributed by atoms with E-state index < -0.39 is 0 Å². The number of anilines is 1. The zero-order valence-corrected chi connectivity index (χ0v) is 10.8. The van der Waals surface area contributed by atoms with Gasteiger partial charge in [-0.2, -0.15) is 0 Å². The van der Waals surface area contributed by atoms with E-state index in [0.29, 0.717) is 0 Å². The van der Waals surface area contributed by atoms with E-state index in [0.717, 1.165) is 50.4 Å². The van der Waals surface area contributed by atoms with Crippen molar-refractivity contribution in [2.75, 3.05) is 45.1 Å². The molecule has 2 aliphatic heterocycles. The van der Waals surface area contributed by atoms with Crippen LogP contribution in [0.2, 0.25) is 0 Å². The fourth-order valence-corrected chi connectivity index (χ4v) is 2.70. The lowest BCUT2D eigenvalue weighted by Gasteiger charge is -2.32. The summed E-state index contributed by atoms with van der Waals surface area (Å²) in [4.78, 5) is 16.8. The van der Waals surface area contributed by atoms with Gasteiger partial charge in [0.15, 0.2) is 0 Å². The molecule has 1 saturated heterocycles. The minimum absolute atomic E-state index is 0.175. The molecule has 2 heterocycles. The van der Waals surface area contributed by atoms with E-state index in [1.54, 1.807) is 0 Å². The minimum atomic E-state index is 0.175. The van der Waals surface area contributed by atoms with E-state index in [9.17, 15) is 4.79 Å². The molecule has 3 rings (SSSR count). The van der Waals surface area contributed by atoms with Gasteiger partial charge in [0, 0.05) is 32.7 Å². The molecule has 96 valence electrons. The molecule has 0 aromatic heterocycles. The highest BCUT2D eigenvalue weighted by molar-refractivity contribution is 6.00. The van der Waals surface area contributed by atoms with Crippen LogP contribution < -0.4 is 5.32 Å². The molecule has 1 N–H and O–H groups in total. The van der Waals surface area contributed by atoms with Crippen LogP contribution >= 0.6 is 0 Å². The molecule has 1 fully saturated rings. The van der Waals surface area contributed by atoms with E-state index in [1.165, 1.54) is 5.56 Å². The Morgan fingerprint density at radius 3 is 2.78 bits per heavy atom. The molecule has 1 amide bonds. The van der Waals surface area contributed by atoms with Crippen LogP contribution in [-0.2, 0) is 6.42 Å².